The van der Waals surface area contributed by atoms with Crippen LogP contribution in [0, 0.1) is 6.92 Å². The van der Waals surface area contributed by atoms with Crippen molar-refractivity contribution in [2.75, 3.05) is 17.1 Å². The number of hydrogen-bond donors (Lipinski definition) is 1. The van der Waals surface area contributed by atoms with Gasteiger partial charge in [-0.1, -0.05) is 77.3 Å². The van der Waals surface area contributed by atoms with Crippen molar-refractivity contribution in [1.82, 2.24) is 10.2 Å². The molecule has 0 heterocycles. The predicted octanol–water partition coefficient (Wildman–Crippen LogP) is 6.67. The number of hydrogen-bond acceptors (Lipinski definition) is 4. The highest BCUT2D eigenvalue weighted by atomic mass is 35.5. The van der Waals surface area contributed by atoms with E-state index in [9.17, 15) is 18.0 Å². The lowest BCUT2D eigenvalue weighted by Crippen LogP contribution is -2.52. The summed E-state index contributed by atoms with van der Waals surface area (Å²) in [5.41, 5.74) is 2.59. The fraction of sp³-hybridized carbons (Fsp3) is 0.355. The SMILES string of the molecule is Cc1ccc(Cl)cc1N(CCCC(=O)N(Cc1c(Cl)cccc1Cl)[C@H](Cc1ccccc1)C(=O)NC(C)C)S(C)(=O)=O. The van der Waals surface area contributed by atoms with Crippen molar-refractivity contribution < 1.29 is 18.0 Å². The molecule has 0 radical (unpaired) electrons. The van der Waals surface area contributed by atoms with Crippen molar-refractivity contribution in [3.05, 3.63) is 98.5 Å². The van der Waals surface area contributed by atoms with Gasteiger partial charge in [0.25, 0.3) is 0 Å². The van der Waals surface area contributed by atoms with Crippen molar-refractivity contribution in [3.63, 3.8) is 0 Å². The third-order valence-corrected chi connectivity index (χ3v) is 8.81. The third-order valence-electron chi connectivity index (χ3n) is 6.68. The Labute approximate surface area is 263 Å². The number of sulfonamides is 1. The normalized spacial score (nSPS) is 12.2. The maximum Gasteiger partial charge on any atom is 0.243 e. The molecular weight excluding hydrogens is 617 g/mol. The van der Waals surface area contributed by atoms with E-state index in [0.29, 0.717) is 26.3 Å². The molecule has 226 valence electrons. The van der Waals surface area contributed by atoms with Crippen LogP contribution in [-0.2, 0) is 32.6 Å². The molecule has 0 aromatic heterocycles. The Bertz CT molecular complexity index is 1480. The van der Waals surface area contributed by atoms with Crippen LogP contribution in [-0.4, -0.2) is 50.0 Å². The van der Waals surface area contributed by atoms with E-state index in [2.05, 4.69) is 5.32 Å². The molecule has 0 unspecified atom stereocenters. The number of aryl methyl sites for hydroxylation is 1. The van der Waals surface area contributed by atoms with E-state index in [1.807, 2.05) is 44.2 Å². The molecule has 0 fully saturated rings. The molecule has 0 aliphatic carbocycles. The number of halogens is 3. The number of benzene rings is 3. The Morgan fingerprint density at radius 2 is 1.57 bits per heavy atom. The largest absolute Gasteiger partial charge is 0.352 e. The third kappa shape index (κ3) is 9.36. The maximum atomic E-state index is 14.0. The number of nitrogens with one attached hydrogen (secondary N) is 1. The lowest BCUT2D eigenvalue weighted by Gasteiger charge is -2.33. The van der Waals surface area contributed by atoms with Crippen LogP contribution in [0.1, 0.15) is 43.4 Å². The lowest BCUT2D eigenvalue weighted by atomic mass is 10.0. The van der Waals surface area contributed by atoms with E-state index in [1.165, 1.54) is 9.21 Å². The van der Waals surface area contributed by atoms with Gasteiger partial charge in [-0.25, -0.2) is 8.42 Å². The molecule has 2 amide bonds. The topological polar surface area (TPSA) is 86.8 Å². The van der Waals surface area contributed by atoms with Gasteiger partial charge in [0.2, 0.25) is 21.8 Å². The van der Waals surface area contributed by atoms with E-state index in [0.717, 1.165) is 17.4 Å². The van der Waals surface area contributed by atoms with Gasteiger partial charge in [-0.05, 0) is 62.6 Å². The zero-order chi connectivity index (χ0) is 31.0. The number of carbonyl (C=O) groups excluding carboxylic acids is 2. The fourth-order valence-corrected chi connectivity index (χ4v) is 6.32. The number of amides is 2. The second kappa shape index (κ2) is 15.1. The molecule has 42 heavy (non-hydrogen) atoms. The van der Waals surface area contributed by atoms with Crippen LogP contribution < -0.4 is 9.62 Å². The molecule has 0 saturated carbocycles. The van der Waals surface area contributed by atoms with Gasteiger partial charge in [0.05, 0.1) is 11.9 Å². The summed E-state index contributed by atoms with van der Waals surface area (Å²) in [4.78, 5) is 29.0. The molecule has 11 heteroatoms. The van der Waals surface area contributed by atoms with Crippen molar-refractivity contribution in [1.29, 1.82) is 0 Å². The molecule has 3 aromatic carbocycles. The Balaban J connectivity index is 1.94. The summed E-state index contributed by atoms with van der Waals surface area (Å²) in [6.45, 7) is 5.56. The molecule has 7 nitrogen and oxygen atoms in total. The van der Waals surface area contributed by atoms with Crippen LogP contribution in [0.4, 0.5) is 5.69 Å². The zero-order valence-electron chi connectivity index (χ0n) is 24.1. The quantitative estimate of drug-likeness (QED) is 0.224. The first-order chi connectivity index (χ1) is 19.8. The summed E-state index contributed by atoms with van der Waals surface area (Å²) >= 11 is 19.1. The van der Waals surface area contributed by atoms with Crippen LogP contribution >= 0.6 is 34.8 Å². The summed E-state index contributed by atoms with van der Waals surface area (Å²) in [5.74, 6) is -0.639. The lowest BCUT2D eigenvalue weighted by molar-refractivity contribution is -0.141. The van der Waals surface area contributed by atoms with Crippen molar-refractivity contribution in [2.45, 2.75) is 58.7 Å². The molecule has 0 aliphatic rings. The Morgan fingerprint density at radius 3 is 2.17 bits per heavy atom. The van der Waals surface area contributed by atoms with Crippen LogP contribution in [0.25, 0.3) is 0 Å². The smallest absolute Gasteiger partial charge is 0.243 e. The van der Waals surface area contributed by atoms with Crippen LogP contribution in [0.5, 0.6) is 0 Å². The van der Waals surface area contributed by atoms with Crippen LogP contribution in [0.15, 0.2) is 66.7 Å². The molecule has 0 spiro atoms. The highest BCUT2D eigenvalue weighted by Gasteiger charge is 2.32. The van der Waals surface area contributed by atoms with Gasteiger partial charge in [0.15, 0.2) is 0 Å². The number of carbonyl (C=O) groups is 2. The average Bonchev–Trinajstić information content (AvgIpc) is 2.91. The van der Waals surface area contributed by atoms with Crippen LogP contribution in [0.2, 0.25) is 15.1 Å². The van der Waals surface area contributed by atoms with Gasteiger partial charge >= 0.3 is 0 Å². The van der Waals surface area contributed by atoms with Crippen molar-refractivity contribution in [3.8, 4) is 0 Å². The molecule has 3 aromatic rings. The number of anilines is 1. The van der Waals surface area contributed by atoms with Gasteiger partial charge in [0.1, 0.15) is 6.04 Å². The van der Waals surface area contributed by atoms with Crippen molar-refractivity contribution >= 4 is 62.3 Å². The molecule has 0 bridgehead atoms. The average molecular weight is 653 g/mol. The Kier molecular flexibility index (Phi) is 12.1. The standard InChI is InChI=1S/C31H36Cl3N3O4S/c1-21(2)35-31(39)29(18-23-10-6-5-7-11-23)36(20-25-26(33)12-8-13-27(25)34)30(38)14-9-17-37(42(4,40)41)28-19-24(32)16-15-22(28)3/h5-8,10-13,15-16,19,21,29H,9,14,17-18,20H2,1-4H3,(H,35,39)/t29-/m1/s1. The van der Waals surface area contributed by atoms with E-state index in [4.69, 9.17) is 34.8 Å². The van der Waals surface area contributed by atoms with E-state index >= 15 is 0 Å². The second-order valence-electron chi connectivity index (χ2n) is 10.5. The fourth-order valence-electron chi connectivity index (χ4n) is 4.62. The predicted molar refractivity (Wildman–Crippen MR) is 172 cm³/mol. The molecule has 3 rings (SSSR count). The Hall–Kier alpha value is -2.78. The van der Waals surface area contributed by atoms with Gasteiger partial charge in [0, 0.05) is 52.6 Å². The summed E-state index contributed by atoms with van der Waals surface area (Å²) in [5, 5.41) is 4.10. The van der Waals surface area contributed by atoms with Gasteiger partial charge in [-0.3, -0.25) is 13.9 Å². The molecule has 0 saturated heterocycles. The van der Waals surface area contributed by atoms with E-state index < -0.39 is 16.1 Å². The number of nitrogens with zero attached hydrogens (tertiary/aromatic N) is 2. The van der Waals surface area contributed by atoms with Crippen LogP contribution in [0.3, 0.4) is 0 Å². The minimum absolute atomic E-state index is 0.00352. The zero-order valence-corrected chi connectivity index (χ0v) is 27.2. The van der Waals surface area contributed by atoms with Gasteiger partial charge < -0.3 is 10.2 Å². The first kappa shape index (κ1) is 33.7. The molecule has 1 N–H and O–H groups in total. The van der Waals surface area contributed by atoms with Crippen molar-refractivity contribution in [2.24, 2.45) is 0 Å². The van der Waals surface area contributed by atoms with E-state index in [1.54, 1.807) is 43.3 Å². The number of rotatable bonds is 13. The maximum absolute atomic E-state index is 14.0. The summed E-state index contributed by atoms with van der Waals surface area (Å²) in [6, 6.07) is 18.5. The Morgan fingerprint density at radius 1 is 0.929 bits per heavy atom. The van der Waals surface area contributed by atoms with Gasteiger partial charge in [-0.2, -0.15) is 0 Å². The first-order valence-electron chi connectivity index (χ1n) is 13.6. The minimum atomic E-state index is -3.67. The molecular formula is C31H36Cl3N3O4S. The first-order valence-corrected chi connectivity index (χ1v) is 16.6. The highest BCUT2D eigenvalue weighted by Crippen LogP contribution is 2.29. The summed E-state index contributed by atoms with van der Waals surface area (Å²) in [7, 11) is -3.67. The second-order valence-corrected chi connectivity index (χ2v) is 13.6. The molecule has 1 atom stereocenters. The van der Waals surface area contributed by atoms with E-state index in [-0.39, 0.29) is 50.2 Å². The minimum Gasteiger partial charge on any atom is -0.352 e. The monoisotopic (exact) mass is 651 g/mol. The highest BCUT2D eigenvalue weighted by molar-refractivity contribution is 7.92. The molecule has 0 aliphatic heterocycles. The summed E-state index contributed by atoms with van der Waals surface area (Å²) < 4.78 is 26.7. The summed E-state index contributed by atoms with van der Waals surface area (Å²) in [6.07, 6.45) is 1.57. The van der Waals surface area contributed by atoms with Gasteiger partial charge in [-0.15, -0.1) is 0 Å².